The van der Waals surface area contributed by atoms with Crippen molar-refractivity contribution >= 4 is 29.9 Å². The molecular weight excluding hydrogens is 479 g/mol. The number of hydrogen-bond acceptors (Lipinski definition) is 4. The summed E-state index contributed by atoms with van der Waals surface area (Å²) >= 11 is 0. The highest BCUT2D eigenvalue weighted by Gasteiger charge is 2.17. The fourth-order valence-corrected chi connectivity index (χ4v) is 3.53. The maximum absolute atomic E-state index is 5.97. The molecule has 7 heteroatoms. The van der Waals surface area contributed by atoms with Crippen LogP contribution in [0.3, 0.4) is 0 Å². The van der Waals surface area contributed by atoms with E-state index < -0.39 is 0 Å². The molecule has 1 saturated heterocycles. The second kappa shape index (κ2) is 14.8. The van der Waals surface area contributed by atoms with Gasteiger partial charge < -0.3 is 20.1 Å². The minimum atomic E-state index is 0. The van der Waals surface area contributed by atoms with E-state index >= 15 is 0 Å². The van der Waals surface area contributed by atoms with Gasteiger partial charge in [-0.1, -0.05) is 18.6 Å². The monoisotopic (exact) mass is 518 g/mol. The lowest BCUT2D eigenvalue weighted by Gasteiger charge is -2.33. The number of aliphatic imine (C=N–C) groups is 1. The fraction of sp³-hybridized carbons (Fsp3) is 0.682. The van der Waals surface area contributed by atoms with Crippen molar-refractivity contribution in [2.24, 2.45) is 4.99 Å². The Morgan fingerprint density at radius 3 is 2.79 bits per heavy atom. The second-order valence-corrected chi connectivity index (χ2v) is 7.54. The molecule has 2 N–H and O–H groups in total. The van der Waals surface area contributed by atoms with Gasteiger partial charge in [0.2, 0.25) is 0 Å². The van der Waals surface area contributed by atoms with Crippen LogP contribution in [0.4, 0.5) is 0 Å². The Balaban J connectivity index is 0.00000420. The average molecular weight is 518 g/mol. The van der Waals surface area contributed by atoms with E-state index in [1.54, 1.807) is 7.11 Å². The van der Waals surface area contributed by atoms with Gasteiger partial charge in [0.1, 0.15) is 5.75 Å². The lowest BCUT2D eigenvalue weighted by Crippen LogP contribution is -2.45. The Hall–Kier alpha value is -1.06. The van der Waals surface area contributed by atoms with E-state index in [1.165, 1.54) is 31.4 Å². The van der Waals surface area contributed by atoms with Crippen LogP contribution < -0.4 is 15.4 Å². The van der Waals surface area contributed by atoms with E-state index in [2.05, 4.69) is 52.6 Å². The minimum absolute atomic E-state index is 0. The summed E-state index contributed by atoms with van der Waals surface area (Å²) in [4.78, 5) is 6.92. The zero-order chi connectivity index (χ0) is 20.2. The molecule has 0 bridgehead atoms. The molecule has 1 aliphatic heterocycles. The minimum Gasteiger partial charge on any atom is -0.493 e. The van der Waals surface area contributed by atoms with Crippen LogP contribution in [-0.4, -0.2) is 63.9 Å². The summed E-state index contributed by atoms with van der Waals surface area (Å²) in [7, 11) is 3.53. The van der Waals surface area contributed by atoms with Crippen molar-refractivity contribution in [3.8, 4) is 5.75 Å². The van der Waals surface area contributed by atoms with E-state index in [0.717, 1.165) is 36.8 Å². The van der Waals surface area contributed by atoms with Gasteiger partial charge in [-0.25, -0.2) is 0 Å². The van der Waals surface area contributed by atoms with Crippen LogP contribution in [-0.2, 0) is 11.3 Å². The van der Waals surface area contributed by atoms with Crippen LogP contribution in [0.25, 0.3) is 0 Å². The maximum Gasteiger partial charge on any atom is 0.191 e. The number of ether oxygens (including phenoxy) is 2. The molecule has 0 aliphatic carbocycles. The lowest BCUT2D eigenvalue weighted by atomic mass is 10.0. The highest BCUT2D eigenvalue weighted by Crippen LogP contribution is 2.20. The van der Waals surface area contributed by atoms with Crippen LogP contribution in [0.1, 0.15) is 43.7 Å². The number of methoxy groups -OCH3 is 1. The Labute approximate surface area is 193 Å². The molecule has 6 nitrogen and oxygen atoms in total. The lowest BCUT2D eigenvalue weighted by molar-refractivity contribution is 0.163. The molecule has 1 aromatic rings. The van der Waals surface area contributed by atoms with Gasteiger partial charge in [0.05, 0.1) is 6.61 Å². The van der Waals surface area contributed by atoms with Gasteiger partial charge in [-0.2, -0.15) is 0 Å². The summed E-state index contributed by atoms with van der Waals surface area (Å²) in [6.07, 6.45) is 4.88. The number of piperidine rings is 1. The smallest absolute Gasteiger partial charge is 0.191 e. The number of likely N-dealkylation sites (tertiary alicyclic amines) is 1. The third kappa shape index (κ3) is 9.53. The second-order valence-electron chi connectivity index (χ2n) is 7.54. The molecule has 166 valence electrons. The SMILES string of the molecule is CN=C(NCCN1CCCCC1C)NCc1ccc(C)cc1OCCCOC.I. The molecular formula is C22H39IN4O2. The van der Waals surface area contributed by atoms with Gasteiger partial charge >= 0.3 is 0 Å². The number of benzene rings is 1. The van der Waals surface area contributed by atoms with E-state index in [9.17, 15) is 0 Å². The quantitative estimate of drug-likeness (QED) is 0.215. The first kappa shape index (κ1) is 26.0. The molecule has 1 heterocycles. The molecule has 0 radical (unpaired) electrons. The molecule has 1 aromatic carbocycles. The molecule has 1 aliphatic rings. The number of aryl methyl sites for hydroxylation is 1. The number of nitrogens with zero attached hydrogens (tertiary/aromatic N) is 2. The Bertz CT molecular complexity index is 612. The van der Waals surface area contributed by atoms with Gasteiger partial charge in [0, 0.05) is 58.4 Å². The topological polar surface area (TPSA) is 58.1 Å². The van der Waals surface area contributed by atoms with E-state index in [-0.39, 0.29) is 24.0 Å². The van der Waals surface area contributed by atoms with Crippen molar-refractivity contribution in [3.63, 3.8) is 0 Å². The number of rotatable bonds is 10. The molecule has 0 saturated carbocycles. The number of guanidine groups is 1. The highest BCUT2D eigenvalue weighted by molar-refractivity contribution is 14.0. The van der Waals surface area contributed by atoms with E-state index in [0.29, 0.717) is 25.8 Å². The van der Waals surface area contributed by atoms with Gasteiger partial charge in [-0.15, -0.1) is 24.0 Å². The molecule has 0 spiro atoms. The Morgan fingerprint density at radius 2 is 2.07 bits per heavy atom. The molecule has 1 fully saturated rings. The van der Waals surface area contributed by atoms with Crippen LogP contribution in [0, 0.1) is 6.92 Å². The summed E-state index contributed by atoms with van der Waals surface area (Å²) in [6, 6.07) is 7.03. The summed E-state index contributed by atoms with van der Waals surface area (Å²) in [5, 5.41) is 6.85. The van der Waals surface area contributed by atoms with Gasteiger partial charge in [0.25, 0.3) is 0 Å². The van der Waals surface area contributed by atoms with Crippen LogP contribution in [0.15, 0.2) is 23.2 Å². The predicted molar refractivity (Wildman–Crippen MR) is 132 cm³/mol. The van der Waals surface area contributed by atoms with E-state index in [4.69, 9.17) is 9.47 Å². The van der Waals surface area contributed by atoms with Gasteiger partial charge in [-0.3, -0.25) is 9.89 Å². The largest absolute Gasteiger partial charge is 0.493 e. The fourth-order valence-electron chi connectivity index (χ4n) is 3.53. The Kier molecular flexibility index (Phi) is 13.3. The average Bonchev–Trinajstić information content (AvgIpc) is 2.70. The first-order valence-corrected chi connectivity index (χ1v) is 10.5. The summed E-state index contributed by atoms with van der Waals surface area (Å²) in [5.41, 5.74) is 2.33. The predicted octanol–water partition coefficient (Wildman–Crippen LogP) is 3.57. The highest BCUT2D eigenvalue weighted by atomic mass is 127. The maximum atomic E-state index is 5.97. The van der Waals surface area contributed by atoms with Gasteiger partial charge in [-0.05, 0) is 44.9 Å². The molecule has 0 aromatic heterocycles. The number of nitrogens with one attached hydrogen (secondary N) is 2. The van der Waals surface area contributed by atoms with Crippen LogP contribution in [0.2, 0.25) is 0 Å². The zero-order valence-corrected chi connectivity index (χ0v) is 20.8. The molecule has 1 atom stereocenters. The van der Waals surface area contributed by atoms with E-state index in [1.807, 2.05) is 7.05 Å². The summed E-state index contributed by atoms with van der Waals surface area (Å²) in [5.74, 6) is 1.76. The van der Waals surface area contributed by atoms with Crippen molar-refractivity contribution in [2.45, 2.75) is 52.1 Å². The third-order valence-corrected chi connectivity index (χ3v) is 5.27. The van der Waals surface area contributed by atoms with Crippen LogP contribution in [0.5, 0.6) is 5.75 Å². The Morgan fingerprint density at radius 1 is 1.24 bits per heavy atom. The summed E-state index contributed by atoms with van der Waals surface area (Å²) < 4.78 is 11.1. The molecule has 29 heavy (non-hydrogen) atoms. The first-order valence-electron chi connectivity index (χ1n) is 10.5. The van der Waals surface area contributed by atoms with Crippen LogP contribution >= 0.6 is 24.0 Å². The zero-order valence-electron chi connectivity index (χ0n) is 18.5. The molecule has 2 rings (SSSR count). The third-order valence-electron chi connectivity index (χ3n) is 5.27. The number of hydrogen-bond donors (Lipinski definition) is 2. The standard InChI is InChI=1S/C22H38N4O2.HI/c1-18-9-10-20(21(16-18)28-15-7-14-27-4)17-25-22(23-3)24-11-13-26-12-6-5-8-19(26)2;/h9-10,16,19H,5-8,11-15,17H2,1-4H3,(H2,23,24,25);1H. The van der Waals surface area contributed by atoms with Crippen molar-refractivity contribution in [1.29, 1.82) is 0 Å². The van der Waals surface area contributed by atoms with Crippen molar-refractivity contribution in [3.05, 3.63) is 29.3 Å². The van der Waals surface area contributed by atoms with Crippen molar-refractivity contribution < 1.29 is 9.47 Å². The number of halogens is 1. The molecule has 0 amide bonds. The normalized spacial score (nSPS) is 17.5. The van der Waals surface area contributed by atoms with Crippen molar-refractivity contribution in [2.75, 3.05) is 47.0 Å². The van der Waals surface area contributed by atoms with Gasteiger partial charge in [0.15, 0.2) is 5.96 Å². The van der Waals surface area contributed by atoms with Crippen molar-refractivity contribution in [1.82, 2.24) is 15.5 Å². The molecule has 1 unspecified atom stereocenters. The first-order chi connectivity index (χ1) is 13.6. The summed E-state index contributed by atoms with van der Waals surface area (Å²) in [6.45, 7) is 9.64.